The Morgan fingerprint density at radius 1 is 1.00 bits per heavy atom. The molecule has 1 heterocycles. The fraction of sp³-hybridized carbons (Fsp3) is 1.00. The van der Waals surface area contributed by atoms with Crippen LogP contribution in [0.1, 0.15) is 51.4 Å². The quantitative estimate of drug-likeness (QED) is 0.820. The molecule has 3 fully saturated rings. The second-order valence-corrected chi connectivity index (χ2v) is 6.38. The van der Waals surface area contributed by atoms with Gasteiger partial charge in [-0.05, 0) is 31.6 Å². The Bertz CT molecular complexity index is 281. The van der Waals surface area contributed by atoms with Gasteiger partial charge in [0, 0.05) is 31.5 Å². The van der Waals surface area contributed by atoms with Gasteiger partial charge in [-0.3, -0.25) is 0 Å². The maximum atomic E-state index is 9.48. The molecule has 1 saturated heterocycles. The van der Waals surface area contributed by atoms with E-state index in [9.17, 15) is 5.11 Å². The molecule has 2 unspecified atom stereocenters. The number of aliphatic hydroxyl groups is 1. The van der Waals surface area contributed by atoms with Gasteiger partial charge in [0.05, 0.1) is 13.2 Å². The Kier molecular flexibility index (Phi) is 4.42. The van der Waals surface area contributed by atoms with E-state index in [0.717, 1.165) is 38.9 Å². The zero-order valence-corrected chi connectivity index (χ0v) is 11.8. The third kappa shape index (κ3) is 3.13. The highest BCUT2D eigenvalue weighted by Gasteiger charge is 2.41. The topological polar surface area (TPSA) is 50.7 Å². The molecule has 1 aliphatic heterocycles. The molecular weight excluding hydrogens is 242 g/mol. The maximum absolute atomic E-state index is 9.48. The standard InChI is InChI=1S/C15H27NO3/c17-11-12-3-1-2-4-14(12)16-13-5-7-15(8-6-13)18-9-10-19-15/h12-14,16-17H,1-11H2. The van der Waals surface area contributed by atoms with Crippen molar-refractivity contribution in [3.63, 3.8) is 0 Å². The van der Waals surface area contributed by atoms with Crippen LogP contribution in [0.25, 0.3) is 0 Å². The zero-order chi connectivity index (χ0) is 13.1. The second kappa shape index (κ2) is 6.08. The summed E-state index contributed by atoms with van der Waals surface area (Å²) in [7, 11) is 0. The SMILES string of the molecule is OCC1CCCCC1NC1CCC2(CC1)OCCO2. The van der Waals surface area contributed by atoms with E-state index < -0.39 is 0 Å². The summed E-state index contributed by atoms with van der Waals surface area (Å²) in [6.45, 7) is 1.85. The van der Waals surface area contributed by atoms with Crippen molar-refractivity contribution in [1.82, 2.24) is 5.32 Å². The molecule has 19 heavy (non-hydrogen) atoms. The van der Waals surface area contributed by atoms with Gasteiger partial charge >= 0.3 is 0 Å². The fourth-order valence-corrected chi connectivity index (χ4v) is 3.96. The number of hydrogen-bond acceptors (Lipinski definition) is 4. The van der Waals surface area contributed by atoms with Crippen molar-refractivity contribution >= 4 is 0 Å². The highest BCUT2D eigenvalue weighted by atomic mass is 16.7. The fourth-order valence-electron chi connectivity index (χ4n) is 3.96. The first-order valence-electron chi connectivity index (χ1n) is 7.96. The third-order valence-corrected chi connectivity index (χ3v) is 5.15. The van der Waals surface area contributed by atoms with E-state index in [4.69, 9.17) is 9.47 Å². The Balaban J connectivity index is 1.48. The molecule has 0 aromatic heterocycles. The summed E-state index contributed by atoms with van der Waals surface area (Å²) in [6, 6.07) is 1.10. The van der Waals surface area contributed by atoms with Gasteiger partial charge < -0.3 is 19.9 Å². The highest BCUT2D eigenvalue weighted by Crippen LogP contribution is 2.36. The molecule has 0 amide bonds. The molecule has 3 aliphatic rings. The maximum Gasteiger partial charge on any atom is 0.168 e. The molecule has 0 radical (unpaired) electrons. The van der Waals surface area contributed by atoms with Crippen molar-refractivity contribution in [2.75, 3.05) is 19.8 Å². The second-order valence-electron chi connectivity index (χ2n) is 6.38. The minimum absolute atomic E-state index is 0.249. The molecule has 0 bridgehead atoms. The lowest BCUT2D eigenvalue weighted by atomic mass is 9.83. The summed E-state index contributed by atoms with van der Waals surface area (Å²) >= 11 is 0. The molecule has 4 heteroatoms. The van der Waals surface area contributed by atoms with Gasteiger partial charge in [-0.1, -0.05) is 12.8 Å². The van der Waals surface area contributed by atoms with Crippen molar-refractivity contribution in [3.8, 4) is 0 Å². The van der Waals surface area contributed by atoms with Crippen LogP contribution >= 0.6 is 0 Å². The van der Waals surface area contributed by atoms with E-state index in [1.165, 1.54) is 25.7 Å². The first kappa shape index (κ1) is 13.8. The summed E-state index contributed by atoms with van der Waals surface area (Å²) in [5.74, 6) is 0.213. The summed E-state index contributed by atoms with van der Waals surface area (Å²) in [5.41, 5.74) is 0. The van der Waals surface area contributed by atoms with Crippen LogP contribution in [0.2, 0.25) is 0 Å². The van der Waals surface area contributed by atoms with E-state index in [1.54, 1.807) is 0 Å². The van der Waals surface area contributed by atoms with Crippen LogP contribution in [-0.4, -0.2) is 42.8 Å². The lowest BCUT2D eigenvalue weighted by Gasteiger charge is -2.39. The van der Waals surface area contributed by atoms with E-state index in [2.05, 4.69) is 5.32 Å². The van der Waals surface area contributed by atoms with Crippen LogP contribution in [0.3, 0.4) is 0 Å². The molecule has 2 atom stereocenters. The molecule has 110 valence electrons. The van der Waals surface area contributed by atoms with E-state index in [-0.39, 0.29) is 5.79 Å². The van der Waals surface area contributed by atoms with E-state index in [0.29, 0.717) is 24.6 Å². The summed E-state index contributed by atoms with van der Waals surface area (Å²) in [5, 5.41) is 13.3. The first-order chi connectivity index (χ1) is 9.31. The van der Waals surface area contributed by atoms with Gasteiger partial charge in [0.15, 0.2) is 5.79 Å². The van der Waals surface area contributed by atoms with Crippen molar-refractivity contribution in [2.45, 2.75) is 69.2 Å². The van der Waals surface area contributed by atoms with Crippen LogP contribution in [0.4, 0.5) is 0 Å². The molecule has 0 aromatic carbocycles. The van der Waals surface area contributed by atoms with E-state index >= 15 is 0 Å². The lowest BCUT2D eigenvalue weighted by molar-refractivity contribution is -0.180. The molecular formula is C15H27NO3. The number of hydrogen-bond donors (Lipinski definition) is 2. The zero-order valence-electron chi connectivity index (χ0n) is 11.8. The van der Waals surface area contributed by atoms with Gasteiger partial charge in [-0.15, -0.1) is 0 Å². The molecule has 0 aromatic rings. The molecule has 2 saturated carbocycles. The van der Waals surface area contributed by atoms with Crippen LogP contribution in [0, 0.1) is 5.92 Å². The largest absolute Gasteiger partial charge is 0.396 e. The Labute approximate surface area is 115 Å². The Morgan fingerprint density at radius 2 is 1.68 bits per heavy atom. The van der Waals surface area contributed by atoms with Crippen LogP contribution in [-0.2, 0) is 9.47 Å². The summed E-state index contributed by atoms with van der Waals surface area (Å²) < 4.78 is 11.5. The number of nitrogens with one attached hydrogen (secondary N) is 1. The predicted molar refractivity (Wildman–Crippen MR) is 72.9 cm³/mol. The molecule has 2 aliphatic carbocycles. The molecule has 3 rings (SSSR count). The number of ether oxygens (including phenoxy) is 2. The van der Waals surface area contributed by atoms with Crippen molar-refractivity contribution < 1.29 is 14.6 Å². The van der Waals surface area contributed by atoms with Gasteiger partial charge in [0.2, 0.25) is 0 Å². The summed E-state index contributed by atoms with van der Waals surface area (Å²) in [4.78, 5) is 0. The van der Waals surface area contributed by atoms with Gasteiger partial charge in [-0.2, -0.15) is 0 Å². The van der Waals surface area contributed by atoms with Crippen molar-refractivity contribution in [2.24, 2.45) is 5.92 Å². The van der Waals surface area contributed by atoms with Crippen molar-refractivity contribution in [3.05, 3.63) is 0 Å². The smallest absolute Gasteiger partial charge is 0.168 e. The average Bonchev–Trinajstić information content (AvgIpc) is 2.91. The van der Waals surface area contributed by atoms with Gasteiger partial charge in [-0.25, -0.2) is 0 Å². The van der Waals surface area contributed by atoms with Crippen LogP contribution in [0.15, 0.2) is 0 Å². The minimum Gasteiger partial charge on any atom is -0.396 e. The van der Waals surface area contributed by atoms with Gasteiger partial charge in [0.25, 0.3) is 0 Å². The normalized spacial score (nSPS) is 35.8. The highest BCUT2D eigenvalue weighted by molar-refractivity contribution is 4.89. The molecule has 4 nitrogen and oxygen atoms in total. The van der Waals surface area contributed by atoms with Crippen LogP contribution in [0.5, 0.6) is 0 Å². The van der Waals surface area contributed by atoms with Crippen molar-refractivity contribution in [1.29, 1.82) is 0 Å². The monoisotopic (exact) mass is 269 g/mol. The van der Waals surface area contributed by atoms with Gasteiger partial charge in [0.1, 0.15) is 0 Å². The lowest BCUT2D eigenvalue weighted by Crippen LogP contribution is -2.49. The number of rotatable bonds is 3. The predicted octanol–water partition coefficient (Wildman–Crippen LogP) is 1.81. The third-order valence-electron chi connectivity index (χ3n) is 5.15. The Hall–Kier alpha value is -0.160. The average molecular weight is 269 g/mol. The minimum atomic E-state index is -0.249. The van der Waals surface area contributed by atoms with E-state index in [1.807, 2.05) is 0 Å². The number of aliphatic hydroxyl groups excluding tert-OH is 1. The Morgan fingerprint density at radius 3 is 2.37 bits per heavy atom. The summed E-state index contributed by atoms with van der Waals surface area (Å²) in [6.07, 6.45) is 9.28. The first-order valence-corrected chi connectivity index (χ1v) is 7.96. The molecule has 1 spiro atoms. The van der Waals surface area contributed by atoms with Crippen LogP contribution < -0.4 is 5.32 Å². The molecule has 2 N–H and O–H groups in total.